The van der Waals surface area contributed by atoms with Crippen LogP contribution in [0.15, 0.2) is 24.5 Å². The summed E-state index contributed by atoms with van der Waals surface area (Å²) in [5, 5.41) is 10.7. The summed E-state index contributed by atoms with van der Waals surface area (Å²) in [6.45, 7) is 11.0. The Hall–Kier alpha value is -2.85. The normalized spacial score (nSPS) is 19.9. The van der Waals surface area contributed by atoms with Crippen molar-refractivity contribution in [1.29, 1.82) is 0 Å². The Morgan fingerprint density at radius 2 is 1.97 bits per heavy atom. The van der Waals surface area contributed by atoms with E-state index in [1.807, 2.05) is 46.8 Å². The molecule has 0 aromatic carbocycles. The molecule has 1 saturated heterocycles. The molecule has 0 saturated carbocycles. The summed E-state index contributed by atoms with van der Waals surface area (Å²) in [6.07, 6.45) is 7.13. The molecule has 1 fully saturated rings. The number of hydrogen-bond acceptors (Lipinski definition) is 5. The summed E-state index contributed by atoms with van der Waals surface area (Å²) in [7, 11) is 0. The highest BCUT2D eigenvalue weighted by Gasteiger charge is 2.38. The molecule has 1 N–H and O–H groups in total. The second-order valence-corrected chi connectivity index (χ2v) is 9.06. The predicted molar refractivity (Wildman–Crippen MR) is 124 cm³/mol. The number of hydrogen-bond donors (Lipinski definition) is 1. The lowest BCUT2D eigenvalue weighted by molar-refractivity contribution is 0.0239. The highest BCUT2D eigenvalue weighted by atomic mass is 16.6. The number of pyridine rings is 1. The number of ether oxygens (including phenoxy) is 1. The number of amides is 1. The molecule has 0 bridgehead atoms. The van der Waals surface area contributed by atoms with E-state index < -0.39 is 17.3 Å². The highest BCUT2D eigenvalue weighted by Crippen LogP contribution is 2.24. The highest BCUT2D eigenvalue weighted by molar-refractivity contribution is 5.69. The number of carbonyl (C=O) groups is 1. The molecule has 2 aliphatic heterocycles. The number of fused-ring (bicyclic) bond motifs is 1. The molecular weight excluding hydrogens is 404 g/mol. The number of imidazole rings is 1. The van der Waals surface area contributed by atoms with E-state index in [0.717, 1.165) is 30.2 Å². The Morgan fingerprint density at radius 1 is 1.19 bits per heavy atom. The summed E-state index contributed by atoms with van der Waals surface area (Å²) in [6, 6.07) is 3.79. The number of β-amino-alcohol motifs (C(OH)–C–C–N with tert-alkyl or cyclic N) is 1. The van der Waals surface area contributed by atoms with Gasteiger partial charge in [0.2, 0.25) is 0 Å². The van der Waals surface area contributed by atoms with Crippen molar-refractivity contribution in [2.45, 2.75) is 78.0 Å². The van der Waals surface area contributed by atoms with Crippen LogP contribution < -0.4 is 0 Å². The van der Waals surface area contributed by atoms with E-state index in [-0.39, 0.29) is 6.54 Å². The third-order valence-electron chi connectivity index (χ3n) is 5.27. The van der Waals surface area contributed by atoms with Gasteiger partial charge in [-0.2, -0.15) is 0 Å². The SMILES string of the molecule is CC.CC(C)(C)OC(=O)N1CCC(O)(C#Cc2ccc(-c3cn4c(n3)CCCC4)nc2)C1. The summed E-state index contributed by atoms with van der Waals surface area (Å²) < 4.78 is 7.58. The molecule has 7 heteroatoms. The van der Waals surface area contributed by atoms with Crippen LogP contribution in [0.5, 0.6) is 0 Å². The summed E-state index contributed by atoms with van der Waals surface area (Å²) >= 11 is 0. The molecular formula is C25H34N4O3. The van der Waals surface area contributed by atoms with Gasteiger partial charge >= 0.3 is 6.09 Å². The third kappa shape index (κ3) is 5.89. The van der Waals surface area contributed by atoms with E-state index in [1.54, 1.807) is 6.20 Å². The van der Waals surface area contributed by atoms with Crippen molar-refractivity contribution in [3.63, 3.8) is 0 Å². The molecule has 1 amide bonds. The topological polar surface area (TPSA) is 80.5 Å². The van der Waals surface area contributed by atoms with Crippen LogP contribution in [0.3, 0.4) is 0 Å². The van der Waals surface area contributed by atoms with Gasteiger partial charge in [0.05, 0.1) is 12.2 Å². The van der Waals surface area contributed by atoms with Crippen molar-refractivity contribution in [2.75, 3.05) is 13.1 Å². The fourth-order valence-electron chi connectivity index (χ4n) is 3.72. The van der Waals surface area contributed by atoms with Crippen LogP contribution in [-0.4, -0.2) is 54.9 Å². The molecule has 7 nitrogen and oxygen atoms in total. The van der Waals surface area contributed by atoms with Gasteiger partial charge in [0.1, 0.15) is 22.7 Å². The lowest BCUT2D eigenvalue weighted by atomic mass is 10.0. The first-order valence-corrected chi connectivity index (χ1v) is 11.5. The zero-order chi connectivity index (χ0) is 23.4. The summed E-state index contributed by atoms with van der Waals surface area (Å²) in [4.78, 5) is 22.9. The van der Waals surface area contributed by atoms with Crippen molar-refractivity contribution in [3.8, 4) is 23.2 Å². The van der Waals surface area contributed by atoms with E-state index >= 15 is 0 Å². The second-order valence-electron chi connectivity index (χ2n) is 9.06. The molecule has 172 valence electrons. The minimum atomic E-state index is -1.24. The Morgan fingerprint density at radius 3 is 2.62 bits per heavy atom. The average molecular weight is 439 g/mol. The first kappa shape index (κ1) is 23.8. The van der Waals surface area contributed by atoms with Gasteiger partial charge in [-0.3, -0.25) is 4.98 Å². The van der Waals surface area contributed by atoms with Gasteiger partial charge in [-0.05, 0) is 45.7 Å². The van der Waals surface area contributed by atoms with E-state index in [9.17, 15) is 9.90 Å². The second kappa shape index (κ2) is 9.74. The van der Waals surface area contributed by atoms with E-state index in [2.05, 4.69) is 27.6 Å². The van der Waals surface area contributed by atoms with Gasteiger partial charge in [-0.25, -0.2) is 9.78 Å². The largest absolute Gasteiger partial charge is 0.444 e. The molecule has 0 aliphatic carbocycles. The molecule has 1 atom stereocenters. The molecule has 2 aliphatic rings. The molecule has 4 heterocycles. The zero-order valence-corrected chi connectivity index (χ0v) is 19.8. The number of aromatic nitrogens is 3. The Kier molecular flexibility index (Phi) is 7.25. The maximum absolute atomic E-state index is 12.2. The summed E-state index contributed by atoms with van der Waals surface area (Å²) in [5.74, 6) is 7.04. The van der Waals surface area contributed by atoms with Crippen molar-refractivity contribution in [3.05, 3.63) is 35.9 Å². The molecule has 4 rings (SSSR count). The van der Waals surface area contributed by atoms with Gasteiger partial charge in [0, 0.05) is 43.9 Å². The number of carbonyl (C=O) groups excluding carboxylic acids is 1. The lowest BCUT2D eigenvalue weighted by Gasteiger charge is -2.24. The number of aliphatic hydroxyl groups is 1. The molecule has 2 aromatic rings. The number of likely N-dealkylation sites (tertiary alicyclic amines) is 1. The van der Waals surface area contributed by atoms with Crippen LogP contribution in [0.4, 0.5) is 4.79 Å². The minimum absolute atomic E-state index is 0.140. The lowest BCUT2D eigenvalue weighted by Crippen LogP contribution is -2.38. The Balaban J connectivity index is 0.00000141. The van der Waals surface area contributed by atoms with Crippen molar-refractivity contribution < 1.29 is 14.6 Å². The van der Waals surface area contributed by atoms with Gasteiger partial charge in [0.15, 0.2) is 0 Å². The molecule has 32 heavy (non-hydrogen) atoms. The Labute approximate surface area is 190 Å². The summed E-state index contributed by atoms with van der Waals surface area (Å²) in [5.41, 5.74) is 0.614. The smallest absolute Gasteiger partial charge is 0.410 e. The third-order valence-corrected chi connectivity index (χ3v) is 5.27. The fourth-order valence-corrected chi connectivity index (χ4v) is 3.72. The standard InChI is InChI=1S/C23H28N4O3.C2H6/c1-22(2,3)30-21(28)27-13-11-23(29,16-27)10-9-17-7-8-18(24-14-17)19-15-26-12-5-4-6-20(26)25-19;1-2/h7-8,14-15,29H,4-6,11-13,16H2,1-3H3;1-2H3. The number of rotatable bonds is 1. The van der Waals surface area contributed by atoms with Crippen LogP contribution in [0.2, 0.25) is 0 Å². The number of aryl methyl sites for hydroxylation is 2. The van der Waals surface area contributed by atoms with Crippen LogP contribution >= 0.6 is 0 Å². The number of nitrogens with zero attached hydrogens (tertiary/aromatic N) is 4. The van der Waals surface area contributed by atoms with Crippen molar-refractivity contribution >= 4 is 6.09 Å². The van der Waals surface area contributed by atoms with Gasteiger partial charge in [-0.1, -0.05) is 25.7 Å². The minimum Gasteiger partial charge on any atom is -0.444 e. The predicted octanol–water partition coefficient (Wildman–Crippen LogP) is 4.03. The van der Waals surface area contributed by atoms with Gasteiger partial charge in [0.25, 0.3) is 0 Å². The van der Waals surface area contributed by atoms with Gasteiger partial charge in [-0.15, -0.1) is 0 Å². The van der Waals surface area contributed by atoms with Crippen LogP contribution in [0, 0.1) is 11.8 Å². The van der Waals surface area contributed by atoms with Crippen LogP contribution in [-0.2, 0) is 17.7 Å². The van der Waals surface area contributed by atoms with Crippen LogP contribution in [0.25, 0.3) is 11.4 Å². The average Bonchev–Trinajstić information content (AvgIpc) is 3.37. The molecule has 0 radical (unpaired) electrons. The van der Waals surface area contributed by atoms with Crippen molar-refractivity contribution in [1.82, 2.24) is 19.4 Å². The first-order valence-electron chi connectivity index (χ1n) is 11.5. The Bertz CT molecular complexity index is 971. The van der Waals surface area contributed by atoms with E-state index in [1.165, 1.54) is 17.7 Å². The van der Waals surface area contributed by atoms with Crippen LogP contribution in [0.1, 0.15) is 65.3 Å². The van der Waals surface area contributed by atoms with E-state index in [4.69, 9.17) is 9.72 Å². The first-order chi connectivity index (χ1) is 15.2. The molecule has 2 aromatic heterocycles. The zero-order valence-electron chi connectivity index (χ0n) is 19.8. The monoisotopic (exact) mass is 438 g/mol. The van der Waals surface area contributed by atoms with E-state index in [0.29, 0.717) is 18.5 Å². The maximum atomic E-state index is 12.2. The van der Waals surface area contributed by atoms with Crippen molar-refractivity contribution in [2.24, 2.45) is 0 Å². The molecule has 1 unspecified atom stereocenters. The van der Waals surface area contributed by atoms with Gasteiger partial charge < -0.3 is 19.3 Å². The fraction of sp³-hybridized carbons (Fsp3) is 0.560. The maximum Gasteiger partial charge on any atom is 0.410 e. The molecule has 0 spiro atoms. The quantitative estimate of drug-likeness (QED) is 0.680.